The van der Waals surface area contributed by atoms with Crippen molar-refractivity contribution >= 4 is 32.7 Å². The molecule has 162 valence electrons. The van der Waals surface area contributed by atoms with Gasteiger partial charge in [-0.05, 0) is 45.6 Å². The molecule has 11 heteroatoms. The van der Waals surface area contributed by atoms with Crippen molar-refractivity contribution in [2.45, 2.75) is 44.2 Å². The Balaban J connectivity index is 1.74. The van der Waals surface area contributed by atoms with E-state index in [1.807, 2.05) is 0 Å². The summed E-state index contributed by atoms with van der Waals surface area (Å²) in [6.45, 7) is 6.17. The topological polar surface area (TPSA) is 133 Å². The maximum Gasteiger partial charge on any atom is 0.410 e. The van der Waals surface area contributed by atoms with Crippen LogP contribution in [0.1, 0.15) is 33.6 Å². The number of amides is 1. The van der Waals surface area contributed by atoms with Crippen molar-refractivity contribution < 1.29 is 22.9 Å². The second-order valence-corrected chi connectivity index (χ2v) is 10.3. The highest BCUT2D eigenvalue weighted by atomic mass is 32.2. The van der Waals surface area contributed by atoms with E-state index in [1.165, 1.54) is 18.2 Å². The highest BCUT2D eigenvalue weighted by Gasteiger charge is 2.31. The number of ether oxygens (including phenoxy) is 1. The number of fused-ring (bicyclic) bond motifs is 1. The van der Waals surface area contributed by atoms with Crippen molar-refractivity contribution in [1.82, 2.24) is 14.9 Å². The number of nitrogens with zero attached hydrogens (tertiary/aromatic N) is 4. The molecule has 1 atom stereocenters. The van der Waals surface area contributed by atoms with Crippen LogP contribution >= 0.6 is 0 Å². The van der Waals surface area contributed by atoms with E-state index in [9.17, 15) is 23.3 Å². The summed E-state index contributed by atoms with van der Waals surface area (Å²) in [7, 11) is -3.75. The van der Waals surface area contributed by atoms with Gasteiger partial charge in [0.25, 0.3) is 5.69 Å². The summed E-state index contributed by atoms with van der Waals surface area (Å²) in [5.74, 6) is -0.412. The molecule has 2 aromatic rings. The standard InChI is InChI=1S/C19H24N4O6S/c1-19(2,3)29-18(24)22-8-4-5-13(11-22)12-30(27,28)17-10-20-16-9-14(23(25)26)6-7-15(16)21-17/h6-7,9-10,13H,4-5,8,11-12H2,1-3H3/t13-/m1/s1. The SMILES string of the molecule is CC(C)(C)OC(=O)N1CCC[C@@H](CS(=O)(=O)c2cnc3cc([N+](=O)[O-])ccc3n2)C1. The van der Waals surface area contributed by atoms with E-state index in [0.717, 1.165) is 6.20 Å². The van der Waals surface area contributed by atoms with Crippen LogP contribution in [0, 0.1) is 16.0 Å². The number of nitro groups is 1. The lowest BCUT2D eigenvalue weighted by molar-refractivity contribution is -0.384. The van der Waals surface area contributed by atoms with Crippen molar-refractivity contribution in [2.24, 2.45) is 5.92 Å². The van der Waals surface area contributed by atoms with Crippen LogP contribution < -0.4 is 0 Å². The lowest BCUT2D eigenvalue weighted by Gasteiger charge is -2.33. The quantitative estimate of drug-likeness (QED) is 0.528. The van der Waals surface area contributed by atoms with Gasteiger partial charge in [-0.2, -0.15) is 0 Å². The minimum Gasteiger partial charge on any atom is -0.444 e. The monoisotopic (exact) mass is 436 g/mol. The van der Waals surface area contributed by atoms with Gasteiger partial charge in [0, 0.05) is 25.2 Å². The van der Waals surface area contributed by atoms with Crippen LogP contribution in [0.3, 0.4) is 0 Å². The maximum absolute atomic E-state index is 12.9. The molecule has 0 saturated carbocycles. The zero-order valence-corrected chi connectivity index (χ0v) is 17.9. The molecular weight excluding hydrogens is 412 g/mol. The highest BCUT2D eigenvalue weighted by Crippen LogP contribution is 2.24. The number of piperidine rings is 1. The minimum absolute atomic E-state index is 0.142. The largest absolute Gasteiger partial charge is 0.444 e. The average Bonchev–Trinajstić information content (AvgIpc) is 2.65. The fourth-order valence-corrected chi connectivity index (χ4v) is 4.85. The number of benzene rings is 1. The third-order valence-corrected chi connectivity index (χ3v) is 6.40. The van der Waals surface area contributed by atoms with Gasteiger partial charge < -0.3 is 9.64 Å². The first kappa shape index (κ1) is 21.9. The number of sulfone groups is 1. The molecule has 0 radical (unpaired) electrons. The second-order valence-electron chi connectivity index (χ2n) is 8.35. The van der Waals surface area contributed by atoms with E-state index in [-0.39, 0.29) is 33.4 Å². The zero-order chi connectivity index (χ0) is 22.1. The third kappa shape index (κ3) is 5.21. The molecule has 0 spiro atoms. The lowest BCUT2D eigenvalue weighted by atomic mass is 10.0. The molecule has 1 fully saturated rings. The zero-order valence-electron chi connectivity index (χ0n) is 17.1. The van der Waals surface area contributed by atoms with Gasteiger partial charge in [0.2, 0.25) is 0 Å². The molecule has 2 heterocycles. The average molecular weight is 436 g/mol. The molecule has 1 aromatic carbocycles. The van der Waals surface area contributed by atoms with Crippen LogP contribution in [-0.4, -0.2) is 58.7 Å². The van der Waals surface area contributed by atoms with Crippen LogP contribution in [0.4, 0.5) is 10.5 Å². The number of nitro benzene ring substituents is 1. The number of likely N-dealkylation sites (tertiary alicyclic amines) is 1. The van der Waals surface area contributed by atoms with Crippen LogP contribution in [0.15, 0.2) is 29.4 Å². The summed E-state index contributed by atoms with van der Waals surface area (Å²) >= 11 is 0. The van der Waals surface area contributed by atoms with Gasteiger partial charge in [0.05, 0.1) is 27.9 Å². The summed E-state index contributed by atoms with van der Waals surface area (Å²) < 4.78 is 31.1. The van der Waals surface area contributed by atoms with Crippen LogP contribution in [-0.2, 0) is 14.6 Å². The molecule has 1 amide bonds. The molecule has 3 rings (SSSR count). The van der Waals surface area contributed by atoms with Gasteiger partial charge in [-0.15, -0.1) is 0 Å². The summed E-state index contributed by atoms with van der Waals surface area (Å²) in [4.78, 5) is 32.3. The summed E-state index contributed by atoms with van der Waals surface area (Å²) in [5.41, 5.74) is -0.249. The summed E-state index contributed by atoms with van der Waals surface area (Å²) in [5, 5.41) is 10.7. The number of carbonyl (C=O) groups is 1. The molecule has 0 bridgehead atoms. The Morgan fingerprint density at radius 2 is 2.07 bits per heavy atom. The first-order valence-electron chi connectivity index (χ1n) is 9.56. The molecular formula is C19H24N4O6S. The smallest absolute Gasteiger partial charge is 0.410 e. The second kappa shape index (κ2) is 8.13. The first-order chi connectivity index (χ1) is 13.9. The molecule has 0 aliphatic carbocycles. The molecule has 0 unspecified atom stereocenters. The van der Waals surface area contributed by atoms with Gasteiger partial charge in [-0.1, -0.05) is 0 Å². The van der Waals surface area contributed by atoms with Crippen LogP contribution in [0.2, 0.25) is 0 Å². The van der Waals surface area contributed by atoms with E-state index in [0.29, 0.717) is 25.9 Å². The van der Waals surface area contributed by atoms with Crippen molar-refractivity contribution in [3.63, 3.8) is 0 Å². The number of hydrogen-bond donors (Lipinski definition) is 0. The van der Waals surface area contributed by atoms with Crippen molar-refractivity contribution in [3.05, 3.63) is 34.5 Å². The Kier molecular flexibility index (Phi) is 5.93. The van der Waals surface area contributed by atoms with Crippen molar-refractivity contribution in [2.75, 3.05) is 18.8 Å². The fourth-order valence-electron chi connectivity index (χ4n) is 3.33. The van der Waals surface area contributed by atoms with E-state index < -0.39 is 26.5 Å². The van der Waals surface area contributed by atoms with Gasteiger partial charge in [0.15, 0.2) is 14.9 Å². The molecule has 10 nitrogen and oxygen atoms in total. The molecule has 0 N–H and O–H groups in total. The van der Waals surface area contributed by atoms with E-state index in [2.05, 4.69) is 9.97 Å². The van der Waals surface area contributed by atoms with E-state index in [4.69, 9.17) is 4.74 Å². The number of rotatable bonds is 4. The number of hydrogen-bond acceptors (Lipinski definition) is 8. The van der Waals surface area contributed by atoms with Crippen molar-refractivity contribution in [1.29, 1.82) is 0 Å². The normalized spacial score (nSPS) is 17.7. The lowest BCUT2D eigenvalue weighted by Crippen LogP contribution is -2.44. The maximum atomic E-state index is 12.9. The Morgan fingerprint density at radius 3 is 2.73 bits per heavy atom. The minimum atomic E-state index is -3.75. The Bertz CT molecular complexity index is 1080. The van der Waals surface area contributed by atoms with Crippen molar-refractivity contribution in [3.8, 4) is 0 Å². The van der Waals surface area contributed by atoms with Crippen LogP contribution in [0.25, 0.3) is 11.0 Å². The molecule has 30 heavy (non-hydrogen) atoms. The Hall–Kier alpha value is -2.82. The molecule has 1 saturated heterocycles. The fraction of sp³-hybridized carbons (Fsp3) is 0.526. The van der Waals surface area contributed by atoms with E-state index in [1.54, 1.807) is 25.7 Å². The molecule has 1 aliphatic heterocycles. The Morgan fingerprint density at radius 1 is 1.33 bits per heavy atom. The van der Waals surface area contributed by atoms with Gasteiger partial charge in [-0.3, -0.25) is 15.1 Å². The number of carbonyl (C=O) groups excluding carboxylic acids is 1. The van der Waals surface area contributed by atoms with Gasteiger partial charge in [0.1, 0.15) is 5.60 Å². The molecule has 1 aromatic heterocycles. The van der Waals surface area contributed by atoms with Gasteiger partial charge >= 0.3 is 6.09 Å². The number of non-ortho nitro benzene ring substituents is 1. The van der Waals surface area contributed by atoms with Gasteiger partial charge in [-0.25, -0.2) is 18.2 Å². The predicted molar refractivity (Wildman–Crippen MR) is 109 cm³/mol. The summed E-state index contributed by atoms with van der Waals surface area (Å²) in [6, 6.07) is 3.89. The predicted octanol–water partition coefficient (Wildman–Crippen LogP) is 2.96. The third-order valence-electron chi connectivity index (χ3n) is 4.66. The number of aromatic nitrogens is 2. The highest BCUT2D eigenvalue weighted by molar-refractivity contribution is 7.91. The summed E-state index contributed by atoms with van der Waals surface area (Å²) in [6.07, 6.45) is 2.03. The van der Waals surface area contributed by atoms with E-state index >= 15 is 0 Å². The first-order valence-corrected chi connectivity index (χ1v) is 11.2. The van der Waals surface area contributed by atoms with Crippen LogP contribution in [0.5, 0.6) is 0 Å². The molecule has 1 aliphatic rings. The Labute approximate surface area is 174 Å².